The molecule has 3 aromatic carbocycles. The van der Waals surface area contributed by atoms with E-state index in [1.54, 1.807) is 0 Å². The first-order valence-electron chi connectivity index (χ1n) is 8.37. The smallest absolute Gasteiger partial charge is 0.132 e. The molecule has 0 fully saturated rings. The van der Waals surface area contributed by atoms with E-state index in [9.17, 15) is 0 Å². The van der Waals surface area contributed by atoms with Gasteiger partial charge in [-0.3, -0.25) is 5.10 Å². The minimum atomic E-state index is 0.398. The van der Waals surface area contributed by atoms with Crippen LogP contribution < -0.4 is 4.74 Å². The first-order valence-corrected chi connectivity index (χ1v) is 8.75. The highest BCUT2D eigenvalue weighted by Crippen LogP contribution is 2.30. The number of nitrogens with one attached hydrogen (secondary N) is 1. The zero-order valence-corrected chi connectivity index (χ0v) is 14.8. The van der Waals surface area contributed by atoms with Crippen molar-refractivity contribution in [1.29, 1.82) is 0 Å². The van der Waals surface area contributed by atoms with Gasteiger partial charge in [0, 0.05) is 10.6 Å². The minimum Gasteiger partial charge on any atom is -0.487 e. The summed E-state index contributed by atoms with van der Waals surface area (Å²) in [7, 11) is 0. The number of hydrogen-bond donors (Lipinski definition) is 1. The van der Waals surface area contributed by atoms with Crippen LogP contribution in [0.5, 0.6) is 5.75 Å². The summed E-state index contributed by atoms with van der Waals surface area (Å²) in [6.45, 7) is 0.398. The maximum Gasteiger partial charge on any atom is 0.132 e. The van der Waals surface area contributed by atoms with Gasteiger partial charge in [-0.05, 0) is 35.4 Å². The van der Waals surface area contributed by atoms with Crippen LogP contribution in [0.15, 0.2) is 84.9 Å². The Balaban J connectivity index is 1.48. The van der Waals surface area contributed by atoms with Gasteiger partial charge in [-0.1, -0.05) is 72.3 Å². The Hall–Kier alpha value is -3.04. The lowest BCUT2D eigenvalue weighted by Crippen LogP contribution is -1.95. The predicted octanol–water partition coefficient (Wildman–Crippen LogP) is 5.98. The average Bonchev–Trinajstić information content (AvgIpc) is 3.17. The van der Waals surface area contributed by atoms with Crippen LogP contribution in [0.4, 0.5) is 0 Å². The maximum absolute atomic E-state index is 6.29. The molecule has 3 nitrogen and oxygen atoms in total. The van der Waals surface area contributed by atoms with Gasteiger partial charge in [-0.2, -0.15) is 5.10 Å². The number of halogens is 1. The van der Waals surface area contributed by atoms with Crippen LogP contribution >= 0.6 is 11.6 Å². The summed E-state index contributed by atoms with van der Waals surface area (Å²) >= 11 is 6.29. The zero-order valence-electron chi connectivity index (χ0n) is 14.0. The fraction of sp³-hybridized carbons (Fsp3) is 0.0455. The van der Waals surface area contributed by atoms with E-state index >= 15 is 0 Å². The molecule has 4 heteroatoms. The van der Waals surface area contributed by atoms with E-state index < -0.39 is 0 Å². The second-order valence-electron chi connectivity index (χ2n) is 5.94. The molecule has 1 aromatic heterocycles. The van der Waals surface area contributed by atoms with E-state index in [1.807, 2.05) is 84.9 Å². The van der Waals surface area contributed by atoms with E-state index in [4.69, 9.17) is 16.3 Å². The summed E-state index contributed by atoms with van der Waals surface area (Å²) in [6.07, 6.45) is 0. The van der Waals surface area contributed by atoms with Crippen LogP contribution in [-0.2, 0) is 6.61 Å². The molecular weight excluding hydrogens is 344 g/mol. The number of nitrogens with zero attached hydrogens (tertiary/aromatic N) is 1. The normalized spacial score (nSPS) is 10.7. The van der Waals surface area contributed by atoms with Crippen molar-refractivity contribution in [2.45, 2.75) is 6.61 Å². The zero-order chi connectivity index (χ0) is 17.8. The first-order chi connectivity index (χ1) is 12.8. The van der Waals surface area contributed by atoms with Gasteiger partial charge in [0.25, 0.3) is 0 Å². The third kappa shape index (κ3) is 3.63. The molecule has 4 rings (SSSR count). The Bertz CT molecular complexity index is 1010. The Morgan fingerprint density at radius 3 is 2.42 bits per heavy atom. The monoisotopic (exact) mass is 360 g/mol. The summed E-state index contributed by atoms with van der Waals surface area (Å²) in [5, 5.41) is 8.11. The Morgan fingerprint density at radius 2 is 1.58 bits per heavy atom. The van der Waals surface area contributed by atoms with Crippen LogP contribution in [-0.4, -0.2) is 10.2 Å². The summed E-state index contributed by atoms with van der Waals surface area (Å²) in [4.78, 5) is 0. The highest BCUT2D eigenvalue weighted by molar-refractivity contribution is 6.33. The van der Waals surface area contributed by atoms with Crippen molar-refractivity contribution in [3.05, 3.63) is 95.6 Å². The third-order valence-electron chi connectivity index (χ3n) is 4.12. The minimum absolute atomic E-state index is 0.398. The van der Waals surface area contributed by atoms with Crippen LogP contribution in [0.25, 0.3) is 22.4 Å². The van der Waals surface area contributed by atoms with Crippen LogP contribution in [0.3, 0.4) is 0 Å². The van der Waals surface area contributed by atoms with Crippen molar-refractivity contribution in [2.75, 3.05) is 0 Å². The number of aromatic nitrogens is 2. The highest BCUT2D eigenvalue weighted by Gasteiger charge is 2.06. The van der Waals surface area contributed by atoms with Gasteiger partial charge in [-0.15, -0.1) is 0 Å². The van der Waals surface area contributed by atoms with Crippen molar-refractivity contribution in [3.63, 3.8) is 0 Å². The number of hydrogen-bond acceptors (Lipinski definition) is 2. The Morgan fingerprint density at radius 1 is 0.808 bits per heavy atom. The Labute approximate surface area is 157 Å². The van der Waals surface area contributed by atoms with Crippen molar-refractivity contribution in [1.82, 2.24) is 10.2 Å². The molecule has 0 radical (unpaired) electrons. The Kier molecular flexibility index (Phi) is 4.71. The SMILES string of the molecule is Clc1ccccc1-c1cccc(OCc2cc(-c3ccccc3)[nH]n2)c1. The number of H-pyrrole nitrogens is 1. The van der Waals surface area contributed by atoms with E-state index in [-0.39, 0.29) is 0 Å². The van der Waals surface area contributed by atoms with E-state index in [0.717, 1.165) is 38.9 Å². The lowest BCUT2D eigenvalue weighted by atomic mass is 10.1. The number of rotatable bonds is 5. The molecule has 0 spiro atoms. The highest BCUT2D eigenvalue weighted by atomic mass is 35.5. The fourth-order valence-corrected chi connectivity index (χ4v) is 3.05. The van der Waals surface area contributed by atoms with Gasteiger partial charge < -0.3 is 4.74 Å². The molecule has 0 bridgehead atoms. The maximum atomic E-state index is 6.29. The van der Waals surface area contributed by atoms with Crippen LogP contribution in [0.1, 0.15) is 5.69 Å². The van der Waals surface area contributed by atoms with E-state index in [1.165, 1.54) is 0 Å². The molecule has 4 aromatic rings. The molecule has 0 amide bonds. The fourth-order valence-electron chi connectivity index (χ4n) is 2.81. The first kappa shape index (κ1) is 16.4. The van der Waals surface area contributed by atoms with E-state index in [2.05, 4.69) is 10.2 Å². The van der Waals surface area contributed by atoms with Crippen LogP contribution in [0, 0.1) is 0 Å². The summed E-state index contributed by atoms with van der Waals surface area (Å²) < 4.78 is 5.92. The molecular formula is C22H17ClN2O. The largest absolute Gasteiger partial charge is 0.487 e. The molecule has 1 heterocycles. The molecule has 0 saturated carbocycles. The molecule has 0 unspecified atom stereocenters. The topological polar surface area (TPSA) is 37.9 Å². The van der Waals surface area contributed by atoms with Gasteiger partial charge in [-0.25, -0.2) is 0 Å². The lowest BCUT2D eigenvalue weighted by Gasteiger charge is -2.08. The molecule has 0 aliphatic rings. The van der Waals surface area contributed by atoms with Gasteiger partial charge >= 0.3 is 0 Å². The molecule has 128 valence electrons. The average molecular weight is 361 g/mol. The van der Waals surface area contributed by atoms with Crippen molar-refractivity contribution < 1.29 is 4.74 Å². The van der Waals surface area contributed by atoms with Gasteiger partial charge in [0.15, 0.2) is 0 Å². The van der Waals surface area contributed by atoms with E-state index in [0.29, 0.717) is 6.61 Å². The van der Waals surface area contributed by atoms with Crippen molar-refractivity contribution in [3.8, 4) is 28.1 Å². The van der Waals surface area contributed by atoms with Gasteiger partial charge in [0.2, 0.25) is 0 Å². The van der Waals surface area contributed by atoms with Crippen LogP contribution in [0.2, 0.25) is 5.02 Å². The molecule has 26 heavy (non-hydrogen) atoms. The number of benzene rings is 3. The molecule has 0 aliphatic heterocycles. The second kappa shape index (κ2) is 7.46. The predicted molar refractivity (Wildman–Crippen MR) is 105 cm³/mol. The third-order valence-corrected chi connectivity index (χ3v) is 4.45. The summed E-state index contributed by atoms with van der Waals surface area (Å²) in [6, 6.07) is 27.8. The lowest BCUT2D eigenvalue weighted by molar-refractivity contribution is 0.301. The standard InChI is InChI=1S/C22H17ClN2O/c23-21-12-5-4-11-20(21)17-9-6-10-19(13-17)26-15-18-14-22(25-24-18)16-7-2-1-3-8-16/h1-14H,15H2,(H,24,25). The summed E-state index contributed by atoms with van der Waals surface area (Å²) in [5.74, 6) is 0.784. The van der Waals surface area contributed by atoms with Gasteiger partial charge in [0.05, 0.1) is 5.69 Å². The number of ether oxygens (including phenoxy) is 1. The molecule has 0 aliphatic carbocycles. The summed E-state index contributed by atoms with van der Waals surface area (Å²) in [5.41, 5.74) is 4.96. The van der Waals surface area contributed by atoms with Gasteiger partial charge in [0.1, 0.15) is 18.1 Å². The van der Waals surface area contributed by atoms with Crippen molar-refractivity contribution in [2.24, 2.45) is 0 Å². The van der Waals surface area contributed by atoms with Crippen molar-refractivity contribution >= 4 is 11.6 Å². The second-order valence-corrected chi connectivity index (χ2v) is 6.34. The number of aromatic amines is 1. The molecule has 0 saturated heterocycles. The molecule has 0 atom stereocenters. The molecule has 1 N–H and O–H groups in total. The quantitative estimate of drug-likeness (QED) is 0.475.